The lowest BCUT2D eigenvalue weighted by Gasteiger charge is -2.40. The summed E-state index contributed by atoms with van der Waals surface area (Å²) in [4.78, 5) is 17.3. The van der Waals surface area contributed by atoms with Crippen molar-refractivity contribution in [2.45, 2.75) is 70.6 Å². The van der Waals surface area contributed by atoms with Crippen LogP contribution in [-0.4, -0.2) is 46.8 Å². The number of hydrogen-bond donors (Lipinski definition) is 2. The van der Waals surface area contributed by atoms with Gasteiger partial charge < -0.3 is 19.6 Å². The summed E-state index contributed by atoms with van der Waals surface area (Å²) < 4.78 is 12.7. The fraction of sp³-hybridized carbons (Fsp3) is 0.483. The number of carboxylic acid groups (broad SMARTS) is 1. The monoisotopic (exact) mass is 476 g/mol. The number of aryl methyl sites for hydroxylation is 1. The molecule has 0 amide bonds. The molecule has 6 rings (SSSR count). The van der Waals surface area contributed by atoms with Crippen molar-refractivity contribution in [2.24, 2.45) is 0 Å². The average molecular weight is 477 g/mol. The van der Waals surface area contributed by atoms with Crippen LogP contribution in [0.3, 0.4) is 0 Å². The molecule has 0 radical (unpaired) electrons. The highest BCUT2D eigenvalue weighted by atomic mass is 16.5. The highest BCUT2D eigenvalue weighted by molar-refractivity contribution is 5.88. The first-order valence-corrected chi connectivity index (χ1v) is 13.0. The van der Waals surface area contributed by atoms with Gasteiger partial charge in [0.1, 0.15) is 5.75 Å². The standard InChI is InChI=1S/C29H36N2O4/c1-20-17-27-25(24-11-13-30-28(20)24)19-31-14-12-23(34-15-5-3-2-4-6-16-35-27)18-26(31)21-7-9-22(10-8-21)29(32)33/h7-11,13,17,23,26,30H,2-6,12,14-16,18-19H2,1H3,(H,32,33)/t23-,26-/m0/s1. The zero-order chi connectivity index (χ0) is 24.2. The summed E-state index contributed by atoms with van der Waals surface area (Å²) in [6, 6.07) is 11.9. The summed E-state index contributed by atoms with van der Waals surface area (Å²) in [5.74, 6) is 0.0936. The Bertz CT molecular complexity index is 1150. The topological polar surface area (TPSA) is 74.8 Å². The van der Waals surface area contributed by atoms with Crippen molar-refractivity contribution < 1.29 is 19.4 Å². The van der Waals surface area contributed by atoms with Crippen molar-refractivity contribution in [3.8, 4) is 5.75 Å². The van der Waals surface area contributed by atoms with Gasteiger partial charge in [0.2, 0.25) is 0 Å². The molecule has 0 aliphatic carbocycles. The molecule has 1 aromatic heterocycles. The molecule has 1 fully saturated rings. The van der Waals surface area contributed by atoms with Crippen LogP contribution >= 0.6 is 0 Å². The summed E-state index contributed by atoms with van der Waals surface area (Å²) in [5.41, 5.74) is 5.06. The van der Waals surface area contributed by atoms with Crippen LogP contribution in [0.25, 0.3) is 10.9 Å². The predicted octanol–water partition coefficient (Wildman–Crippen LogP) is 6.24. The number of fused-ring (bicyclic) bond motifs is 11. The Morgan fingerprint density at radius 3 is 2.63 bits per heavy atom. The van der Waals surface area contributed by atoms with Crippen LogP contribution in [0.2, 0.25) is 0 Å². The molecule has 1 saturated heterocycles. The first kappa shape index (κ1) is 23.9. The third kappa shape index (κ3) is 5.39. The number of hydrogen-bond acceptors (Lipinski definition) is 4. The Morgan fingerprint density at radius 1 is 1.06 bits per heavy atom. The van der Waals surface area contributed by atoms with E-state index >= 15 is 0 Å². The second kappa shape index (κ2) is 10.8. The molecule has 6 nitrogen and oxygen atoms in total. The van der Waals surface area contributed by atoms with Crippen LogP contribution in [-0.2, 0) is 11.3 Å². The van der Waals surface area contributed by atoms with Gasteiger partial charge >= 0.3 is 5.97 Å². The SMILES string of the molecule is Cc1cc2c(c3cc[nH]c13)CN1CC[C@@H](C[C@H]1c1ccc(C(=O)O)cc1)OCCCCCCCO2. The molecule has 2 aromatic carbocycles. The van der Waals surface area contributed by atoms with E-state index in [2.05, 4.69) is 28.9 Å². The van der Waals surface area contributed by atoms with E-state index in [-0.39, 0.29) is 12.1 Å². The third-order valence-electron chi connectivity index (χ3n) is 7.58. The van der Waals surface area contributed by atoms with Gasteiger partial charge in [-0.3, -0.25) is 4.90 Å². The number of aromatic carboxylic acids is 1. The number of nitrogens with zero attached hydrogens (tertiary/aromatic N) is 1. The molecule has 6 heteroatoms. The fourth-order valence-electron chi connectivity index (χ4n) is 5.61. The molecule has 35 heavy (non-hydrogen) atoms. The van der Waals surface area contributed by atoms with Crippen molar-refractivity contribution >= 4 is 16.9 Å². The van der Waals surface area contributed by atoms with E-state index in [0.29, 0.717) is 5.56 Å². The number of piperidine rings is 1. The smallest absolute Gasteiger partial charge is 0.335 e. The summed E-state index contributed by atoms with van der Waals surface area (Å²) >= 11 is 0. The molecule has 3 aliphatic heterocycles. The van der Waals surface area contributed by atoms with Crippen LogP contribution in [0.4, 0.5) is 0 Å². The van der Waals surface area contributed by atoms with Crippen LogP contribution in [0.1, 0.15) is 78.0 Å². The zero-order valence-electron chi connectivity index (χ0n) is 20.6. The maximum Gasteiger partial charge on any atom is 0.335 e. The fourth-order valence-corrected chi connectivity index (χ4v) is 5.61. The van der Waals surface area contributed by atoms with Crippen molar-refractivity contribution in [1.29, 1.82) is 0 Å². The van der Waals surface area contributed by atoms with E-state index in [9.17, 15) is 9.90 Å². The van der Waals surface area contributed by atoms with Crippen LogP contribution in [0.15, 0.2) is 42.6 Å². The van der Waals surface area contributed by atoms with Gasteiger partial charge in [0, 0.05) is 48.4 Å². The Labute approximate surface area is 207 Å². The van der Waals surface area contributed by atoms with E-state index < -0.39 is 5.97 Å². The summed E-state index contributed by atoms with van der Waals surface area (Å²) in [5, 5.41) is 10.6. The molecule has 4 heterocycles. The highest BCUT2D eigenvalue weighted by Crippen LogP contribution is 2.38. The Hall–Kier alpha value is -2.83. The zero-order valence-corrected chi connectivity index (χ0v) is 20.6. The maximum atomic E-state index is 11.4. The number of ether oxygens (including phenoxy) is 2. The molecule has 0 spiro atoms. The Kier molecular flexibility index (Phi) is 7.40. The minimum atomic E-state index is -0.893. The molecule has 2 N–H and O–H groups in total. The Morgan fingerprint density at radius 2 is 1.83 bits per heavy atom. The third-order valence-corrected chi connectivity index (χ3v) is 7.58. The van der Waals surface area contributed by atoms with Crippen LogP contribution in [0.5, 0.6) is 5.75 Å². The average Bonchev–Trinajstić information content (AvgIpc) is 3.36. The van der Waals surface area contributed by atoms with Crippen molar-refractivity contribution in [1.82, 2.24) is 9.88 Å². The predicted molar refractivity (Wildman–Crippen MR) is 137 cm³/mol. The molecular weight excluding hydrogens is 440 g/mol. The van der Waals surface area contributed by atoms with Gasteiger partial charge in [-0.15, -0.1) is 0 Å². The molecule has 186 valence electrons. The van der Waals surface area contributed by atoms with E-state index in [4.69, 9.17) is 9.47 Å². The normalized spacial score (nSPS) is 24.1. The van der Waals surface area contributed by atoms with E-state index in [0.717, 1.165) is 63.3 Å². The lowest BCUT2D eigenvalue weighted by Crippen LogP contribution is -2.39. The lowest BCUT2D eigenvalue weighted by atomic mass is 9.91. The number of carboxylic acids is 1. The van der Waals surface area contributed by atoms with E-state index in [1.165, 1.54) is 41.3 Å². The van der Waals surface area contributed by atoms with Gasteiger partial charge in [-0.1, -0.05) is 31.4 Å². The van der Waals surface area contributed by atoms with Gasteiger partial charge in [0.05, 0.1) is 18.3 Å². The summed E-state index contributed by atoms with van der Waals surface area (Å²) in [6.07, 6.45) is 9.91. The van der Waals surface area contributed by atoms with E-state index in [1.54, 1.807) is 12.1 Å². The number of aromatic amines is 1. The molecule has 3 aliphatic rings. The summed E-state index contributed by atoms with van der Waals surface area (Å²) in [6.45, 7) is 5.40. The quantitative estimate of drug-likeness (QED) is 0.458. The first-order chi connectivity index (χ1) is 17.1. The van der Waals surface area contributed by atoms with E-state index in [1.807, 2.05) is 18.3 Å². The molecule has 3 atom stereocenters. The molecule has 3 aromatic rings. The number of aromatic nitrogens is 1. The number of H-pyrrole nitrogens is 1. The summed E-state index contributed by atoms with van der Waals surface area (Å²) in [7, 11) is 0. The van der Waals surface area contributed by atoms with Crippen molar-refractivity contribution in [3.05, 3.63) is 64.8 Å². The molecule has 1 unspecified atom stereocenters. The minimum Gasteiger partial charge on any atom is -0.493 e. The van der Waals surface area contributed by atoms with Crippen LogP contribution in [0, 0.1) is 6.92 Å². The number of rotatable bonds is 2. The Balaban J connectivity index is 1.51. The largest absolute Gasteiger partial charge is 0.493 e. The van der Waals surface area contributed by atoms with Crippen LogP contribution < -0.4 is 4.74 Å². The van der Waals surface area contributed by atoms with Crippen molar-refractivity contribution in [3.63, 3.8) is 0 Å². The van der Waals surface area contributed by atoms with Gasteiger partial charge in [-0.2, -0.15) is 0 Å². The molecule has 2 bridgehead atoms. The second-order valence-corrected chi connectivity index (χ2v) is 9.98. The van der Waals surface area contributed by atoms with Gasteiger partial charge in [0.15, 0.2) is 0 Å². The molecule has 0 saturated carbocycles. The maximum absolute atomic E-state index is 11.4. The number of nitrogens with one attached hydrogen (secondary N) is 1. The second-order valence-electron chi connectivity index (χ2n) is 9.98. The number of carbonyl (C=O) groups is 1. The van der Waals surface area contributed by atoms with Gasteiger partial charge in [-0.25, -0.2) is 4.79 Å². The lowest BCUT2D eigenvalue weighted by molar-refractivity contribution is -0.0203. The highest BCUT2D eigenvalue weighted by Gasteiger charge is 2.31. The van der Waals surface area contributed by atoms with Gasteiger partial charge in [0.25, 0.3) is 0 Å². The first-order valence-electron chi connectivity index (χ1n) is 13.0. The van der Waals surface area contributed by atoms with Crippen molar-refractivity contribution in [2.75, 3.05) is 19.8 Å². The number of benzene rings is 2. The minimum absolute atomic E-state index is 0.160. The molecular formula is C29H36N2O4. The van der Waals surface area contributed by atoms with Gasteiger partial charge in [-0.05, 0) is 68.0 Å².